The molecule has 0 amide bonds. The van der Waals surface area contributed by atoms with Gasteiger partial charge in [0, 0.05) is 17.8 Å². The highest BCUT2D eigenvalue weighted by Gasteiger charge is 2.01. The number of phenolic OH excluding ortho intramolecular Hbond substituents is 1. The standard InChI is InChI=1S/C12H8BrIOS/c13-11-6-5-10(7-12(11)14)16-9-3-1-8(15)2-4-9/h1-7,15H. The van der Waals surface area contributed by atoms with Crippen LogP contribution < -0.4 is 0 Å². The fourth-order valence-corrected chi connectivity index (χ4v) is 3.02. The summed E-state index contributed by atoms with van der Waals surface area (Å²) < 4.78 is 2.31. The summed E-state index contributed by atoms with van der Waals surface area (Å²) in [6.07, 6.45) is 0. The van der Waals surface area contributed by atoms with Crippen molar-refractivity contribution < 1.29 is 5.11 Å². The molecule has 0 saturated heterocycles. The van der Waals surface area contributed by atoms with Gasteiger partial charge in [0.1, 0.15) is 5.75 Å². The normalized spacial score (nSPS) is 10.4. The molecule has 82 valence electrons. The van der Waals surface area contributed by atoms with Gasteiger partial charge >= 0.3 is 0 Å². The van der Waals surface area contributed by atoms with Crippen LogP contribution in [0.25, 0.3) is 0 Å². The van der Waals surface area contributed by atoms with Crippen molar-refractivity contribution >= 4 is 50.3 Å². The van der Waals surface area contributed by atoms with Crippen LogP contribution in [0.5, 0.6) is 5.75 Å². The van der Waals surface area contributed by atoms with Gasteiger partial charge in [-0.1, -0.05) is 11.8 Å². The Kier molecular flexibility index (Phi) is 4.16. The van der Waals surface area contributed by atoms with E-state index in [0.29, 0.717) is 5.75 Å². The first-order valence-electron chi connectivity index (χ1n) is 4.57. The van der Waals surface area contributed by atoms with Gasteiger partial charge in [-0.25, -0.2) is 0 Å². The molecule has 0 aliphatic heterocycles. The van der Waals surface area contributed by atoms with Crippen LogP contribution in [-0.2, 0) is 0 Å². The van der Waals surface area contributed by atoms with Gasteiger partial charge in [-0.05, 0) is 81.0 Å². The Morgan fingerprint density at radius 3 is 2.25 bits per heavy atom. The first-order valence-corrected chi connectivity index (χ1v) is 7.26. The van der Waals surface area contributed by atoms with E-state index in [2.05, 4.69) is 50.7 Å². The number of benzene rings is 2. The Morgan fingerprint density at radius 1 is 1.00 bits per heavy atom. The minimum Gasteiger partial charge on any atom is -0.508 e. The lowest BCUT2D eigenvalue weighted by Gasteiger charge is -2.03. The van der Waals surface area contributed by atoms with E-state index in [0.717, 1.165) is 9.37 Å². The first kappa shape index (κ1) is 12.3. The molecule has 0 aromatic heterocycles. The number of hydrogen-bond donors (Lipinski definition) is 1. The Bertz CT molecular complexity index is 499. The number of phenols is 1. The lowest BCUT2D eigenvalue weighted by molar-refractivity contribution is 0.475. The minimum absolute atomic E-state index is 0.301. The summed E-state index contributed by atoms with van der Waals surface area (Å²) in [5, 5.41) is 9.19. The predicted octanol–water partition coefficient (Wildman–Crippen LogP) is 4.91. The molecule has 0 radical (unpaired) electrons. The van der Waals surface area contributed by atoms with Crippen molar-refractivity contribution in [3.05, 3.63) is 50.5 Å². The van der Waals surface area contributed by atoms with Gasteiger partial charge in [-0.3, -0.25) is 0 Å². The van der Waals surface area contributed by atoms with E-state index in [1.165, 1.54) is 8.47 Å². The van der Waals surface area contributed by atoms with Crippen LogP contribution in [0.1, 0.15) is 0 Å². The number of rotatable bonds is 2. The largest absolute Gasteiger partial charge is 0.508 e. The maximum Gasteiger partial charge on any atom is 0.115 e. The number of aromatic hydroxyl groups is 1. The molecule has 0 aliphatic carbocycles. The van der Waals surface area contributed by atoms with Crippen molar-refractivity contribution in [1.82, 2.24) is 0 Å². The summed E-state index contributed by atoms with van der Waals surface area (Å²) >= 11 is 7.45. The van der Waals surface area contributed by atoms with Gasteiger partial charge in [-0.15, -0.1) is 0 Å². The fourth-order valence-electron chi connectivity index (χ4n) is 1.19. The molecule has 1 N–H and O–H groups in total. The van der Waals surface area contributed by atoms with Crippen LogP contribution in [0.2, 0.25) is 0 Å². The Hall–Kier alpha value is -0.200. The van der Waals surface area contributed by atoms with Crippen LogP contribution >= 0.6 is 50.3 Å². The highest BCUT2D eigenvalue weighted by molar-refractivity contribution is 14.1. The monoisotopic (exact) mass is 406 g/mol. The summed E-state index contributed by atoms with van der Waals surface area (Å²) in [4.78, 5) is 2.31. The summed E-state index contributed by atoms with van der Waals surface area (Å²) in [7, 11) is 0. The van der Waals surface area contributed by atoms with E-state index < -0.39 is 0 Å². The molecule has 4 heteroatoms. The average molecular weight is 407 g/mol. The van der Waals surface area contributed by atoms with E-state index in [1.807, 2.05) is 18.2 Å². The smallest absolute Gasteiger partial charge is 0.115 e. The number of halogens is 2. The molecule has 1 nitrogen and oxygen atoms in total. The van der Waals surface area contributed by atoms with Gasteiger partial charge in [0.05, 0.1) is 0 Å². The molecular formula is C12H8BrIOS. The first-order chi connectivity index (χ1) is 7.65. The Balaban J connectivity index is 2.20. The lowest BCUT2D eigenvalue weighted by atomic mass is 10.3. The molecule has 0 bridgehead atoms. The molecule has 0 spiro atoms. The van der Waals surface area contributed by atoms with Crippen molar-refractivity contribution in [3.8, 4) is 5.75 Å². The zero-order valence-electron chi connectivity index (χ0n) is 8.15. The van der Waals surface area contributed by atoms with Crippen LogP contribution in [0, 0.1) is 3.57 Å². The minimum atomic E-state index is 0.301. The third kappa shape index (κ3) is 3.15. The average Bonchev–Trinajstić information content (AvgIpc) is 2.27. The van der Waals surface area contributed by atoms with Gasteiger partial charge in [0.15, 0.2) is 0 Å². The van der Waals surface area contributed by atoms with Crippen LogP contribution in [0.3, 0.4) is 0 Å². The maximum absolute atomic E-state index is 9.19. The summed E-state index contributed by atoms with van der Waals surface area (Å²) in [5.74, 6) is 0.301. The molecule has 0 fully saturated rings. The van der Waals surface area contributed by atoms with E-state index in [4.69, 9.17) is 0 Å². The van der Waals surface area contributed by atoms with Crippen LogP contribution in [0.4, 0.5) is 0 Å². The quantitative estimate of drug-likeness (QED) is 0.715. The SMILES string of the molecule is Oc1ccc(Sc2ccc(Br)c(I)c2)cc1. The molecule has 0 aliphatic rings. The molecule has 0 atom stereocenters. The molecule has 2 aromatic carbocycles. The third-order valence-electron chi connectivity index (χ3n) is 1.96. The molecule has 0 unspecified atom stereocenters. The van der Waals surface area contributed by atoms with E-state index >= 15 is 0 Å². The van der Waals surface area contributed by atoms with Gasteiger partial charge in [0.2, 0.25) is 0 Å². The van der Waals surface area contributed by atoms with Gasteiger partial charge < -0.3 is 5.11 Å². The highest BCUT2D eigenvalue weighted by Crippen LogP contribution is 2.31. The molecule has 0 heterocycles. The van der Waals surface area contributed by atoms with E-state index in [1.54, 1.807) is 23.9 Å². The molecule has 2 rings (SSSR count). The predicted molar refractivity (Wildman–Crippen MR) is 79.1 cm³/mol. The van der Waals surface area contributed by atoms with Gasteiger partial charge in [-0.2, -0.15) is 0 Å². The highest BCUT2D eigenvalue weighted by atomic mass is 127. The second-order valence-electron chi connectivity index (χ2n) is 3.17. The molecule has 2 aromatic rings. The second kappa shape index (κ2) is 5.42. The van der Waals surface area contributed by atoms with Crippen molar-refractivity contribution in [2.24, 2.45) is 0 Å². The van der Waals surface area contributed by atoms with Crippen LogP contribution in [-0.4, -0.2) is 5.11 Å². The van der Waals surface area contributed by atoms with Crippen molar-refractivity contribution in [1.29, 1.82) is 0 Å². The van der Waals surface area contributed by atoms with E-state index in [9.17, 15) is 5.11 Å². The fraction of sp³-hybridized carbons (Fsp3) is 0. The second-order valence-corrected chi connectivity index (χ2v) is 6.34. The molecule has 0 saturated carbocycles. The van der Waals surface area contributed by atoms with Gasteiger partial charge in [0.25, 0.3) is 0 Å². The summed E-state index contributed by atoms with van der Waals surface area (Å²) in [6.45, 7) is 0. The zero-order chi connectivity index (χ0) is 11.5. The van der Waals surface area contributed by atoms with Crippen molar-refractivity contribution in [3.63, 3.8) is 0 Å². The zero-order valence-corrected chi connectivity index (χ0v) is 12.7. The molecule has 16 heavy (non-hydrogen) atoms. The topological polar surface area (TPSA) is 20.2 Å². The van der Waals surface area contributed by atoms with Crippen molar-refractivity contribution in [2.45, 2.75) is 9.79 Å². The maximum atomic E-state index is 9.19. The summed E-state index contributed by atoms with van der Waals surface area (Å²) in [6, 6.07) is 13.5. The Morgan fingerprint density at radius 2 is 1.62 bits per heavy atom. The van der Waals surface area contributed by atoms with E-state index in [-0.39, 0.29) is 0 Å². The third-order valence-corrected chi connectivity index (χ3v) is 5.29. The molecular weight excluding hydrogens is 399 g/mol. The summed E-state index contributed by atoms with van der Waals surface area (Å²) in [5.41, 5.74) is 0. The van der Waals surface area contributed by atoms with Crippen LogP contribution in [0.15, 0.2) is 56.7 Å². The number of hydrogen-bond acceptors (Lipinski definition) is 2. The Labute approximate surface area is 121 Å². The van der Waals surface area contributed by atoms with Crippen molar-refractivity contribution in [2.75, 3.05) is 0 Å². The lowest BCUT2D eigenvalue weighted by Crippen LogP contribution is -1.77.